The molecule has 26 heavy (non-hydrogen) atoms. The first-order valence-electron chi connectivity index (χ1n) is 7.32. The topological polar surface area (TPSA) is 122 Å². The van der Waals surface area contributed by atoms with Gasteiger partial charge in [0, 0.05) is 5.56 Å². The Morgan fingerprint density at radius 3 is 2.54 bits per heavy atom. The molecule has 3 rings (SSSR count). The highest BCUT2D eigenvalue weighted by Crippen LogP contribution is 2.30. The van der Waals surface area contributed by atoms with Crippen LogP contribution in [0.5, 0.6) is 0 Å². The van der Waals surface area contributed by atoms with Crippen molar-refractivity contribution in [1.82, 2.24) is 9.97 Å². The van der Waals surface area contributed by atoms with E-state index in [1.54, 1.807) is 24.3 Å². The van der Waals surface area contributed by atoms with Gasteiger partial charge in [-0.25, -0.2) is 9.97 Å². The van der Waals surface area contributed by atoms with E-state index in [9.17, 15) is 13.7 Å². The van der Waals surface area contributed by atoms with Crippen molar-refractivity contribution < 1.29 is 8.42 Å². The van der Waals surface area contributed by atoms with Crippen molar-refractivity contribution in [2.45, 2.75) is 5.03 Å². The van der Waals surface area contributed by atoms with Crippen LogP contribution in [0.3, 0.4) is 0 Å². The second-order valence-electron chi connectivity index (χ2n) is 5.19. The van der Waals surface area contributed by atoms with E-state index in [2.05, 4.69) is 20.8 Å². The predicted molar refractivity (Wildman–Crippen MR) is 98.9 cm³/mol. The van der Waals surface area contributed by atoms with Gasteiger partial charge in [-0.05, 0) is 30.3 Å². The number of pyridine rings is 2. The van der Waals surface area contributed by atoms with E-state index in [1.165, 1.54) is 30.3 Å². The Labute approximate surface area is 155 Å². The van der Waals surface area contributed by atoms with Crippen LogP contribution in [0.15, 0.2) is 59.6 Å². The number of hydrogen-bond donors (Lipinski definition) is 2. The molecule has 0 fully saturated rings. The number of anilines is 2. The molecule has 2 aromatic heterocycles. The minimum atomic E-state index is -3.98. The average Bonchev–Trinajstić information content (AvgIpc) is 2.63. The van der Waals surface area contributed by atoms with Crippen molar-refractivity contribution >= 4 is 33.3 Å². The Hall–Kier alpha value is -3.15. The molecule has 2 heterocycles. The van der Waals surface area contributed by atoms with Crippen molar-refractivity contribution in [3.05, 3.63) is 65.2 Å². The lowest BCUT2D eigenvalue weighted by atomic mass is 10.1. The van der Waals surface area contributed by atoms with Crippen molar-refractivity contribution in [3.8, 4) is 17.3 Å². The zero-order chi connectivity index (χ0) is 18.7. The summed E-state index contributed by atoms with van der Waals surface area (Å²) in [5.41, 5.74) is 6.71. The molecule has 3 N–H and O–H groups in total. The van der Waals surface area contributed by atoms with E-state index in [4.69, 9.17) is 17.3 Å². The molecule has 0 saturated heterocycles. The molecule has 9 heteroatoms. The highest BCUT2D eigenvalue weighted by Gasteiger charge is 2.18. The quantitative estimate of drug-likeness (QED) is 0.711. The minimum absolute atomic E-state index is 0.0429. The summed E-state index contributed by atoms with van der Waals surface area (Å²) in [5, 5.41) is 9.31. The number of benzene rings is 1. The molecule has 3 aromatic rings. The highest BCUT2D eigenvalue weighted by atomic mass is 35.5. The third-order valence-electron chi connectivity index (χ3n) is 3.41. The van der Waals surface area contributed by atoms with Gasteiger partial charge in [-0.15, -0.1) is 0 Å². The first kappa shape index (κ1) is 17.7. The van der Waals surface area contributed by atoms with Gasteiger partial charge in [0.2, 0.25) is 0 Å². The standard InChI is InChI=1S/C17H12ClN5O2S/c18-13-8-9-15(22-17(13)12-5-2-1-4-11(12)10-19)23-26(24,25)16-7-3-6-14(20)21-16/h1-9H,(H2,20,21)(H,22,23). The van der Waals surface area contributed by atoms with Crippen molar-refractivity contribution in [3.63, 3.8) is 0 Å². The Kier molecular flexibility index (Phi) is 4.75. The van der Waals surface area contributed by atoms with Crippen LogP contribution in [0.4, 0.5) is 11.6 Å². The van der Waals surface area contributed by atoms with Crippen LogP contribution in [0.25, 0.3) is 11.3 Å². The van der Waals surface area contributed by atoms with Crippen LogP contribution in [0.2, 0.25) is 5.02 Å². The lowest BCUT2D eigenvalue weighted by Crippen LogP contribution is -2.16. The Balaban J connectivity index is 2.02. The van der Waals surface area contributed by atoms with Gasteiger partial charge in [-0.2, -0.15) is 13.7 Å². The fourth-order valence-electron chi connectivity index (χ4n) is 2.25. The van der Waals surface area contributed by atoms with Crippen molar-refractivity contribution in [2.24, 2.45) is 0 Å². The van der Waals surface area contributed by atoms with Crippen LogP contribution >= 0.6 is 11.6 Å². The molecule has 0 aliphatic heterocycles. The summed E-state index contributed by atoms with van der Waals surface area (Å²) in [6.45, 7) is 0. The van der Waals surface area contributed by atoms with Crippen LogP contribution < -0.4 is 10.5 Å². The lowest BCUT2D eigenvalue weighted by molar-refractivity contribution is 0.597. The minimum Gasteiger partial charge on any atom is -0.384 e. The summed E-state index contributed by atoms with van der Waals surface area (Å²) >= 11 is 6.19. The SMILES string of the molecule is N#Cc1ccccc1-c1nc(NS(=O)(=O)c2cccc(N)n2)ccc1Cl. The van der Waals surface area contributed by atoms with E-state index in [-0.39, 0.29) is 21.7 Å². The van der Waals surface area contributed by atoms with Gasteiger partial charge in [0.25, 0.3) is 10.0 Å². The summed E-state index contributed by atoms with van der Waals surface area (Å²) in [5.74, 6) is 0.127. The fraction of sp³-hybridized carbons (Fsp3) is 0. The normalized spacial score (nSPS) is 10.9. The number of nitrogens with zero attached hydrogens (tertiary/aromatic N) is 3. The van der Waals surface area contributed by atoms with Crippen LogP contribution in [0.1, 0.15) is 5.56 Å². The zero-order valence-corrected chi connectivity index (χ0v) is 14.8. The molecular weight excluding hydrogens is 374 g/mol. The van der Waals surface area contributed by atoms with Crippen molar-refractivity contribution in [1.29, 1.82) is 5.26 Å². The fourth-order valence-corrected chi connectivity index (χ4v) is 3.43. The maximum atomic E-state index is 12.5. The van der Waals surface area contributed by atoms with E-state index in [0.717, 1.165) is 0 Å². The number of nitriles is 1. The van der Waals surface area contributed by atoms with Crippen LogP contribution in [-0.2, 0) is 10.0 Å². The second kappa shape index (κ2) is 7.00. The molecule has 1 aromatic carbocycles. The van der Waals surface area contributed by atoms with Gasteiger partial charge < -0.3 is 5.73 Å². The lowest BCUT2D eigenvalue weighted by Gasteiger charge is -2.10. The molecule has 0 saturated carbocycles. The number of sulfonamides is 1. The molecule has 7 nitrogen and oxygen atoms in total. The number of nitrogens with two attached hydrogens (primary N) is 1. The van der Waals surface area contributed by atoms with E-state index < -0.39 is 10.0 Å². The van der Waals surface area contributed by atoms with Crippen LogP contribution in [0, 0.1) is 11.3 Å². The third kappa shape index (κ3) is 3.59. The molecule has 0 radical (unpaired) electrons. The van der Waals surface area contributed by atoms with Crippen molar-refractivity contribution in [2.75, 3.05) is 10.5 Å². The number of rotatable bonds is 4. The molecule has 130 valence electrons. The maximum absolute atomic E-state index is 12.5. The average molecular weight is 386 g/mol. The zero-order valence-electron chi connectivity index (χ0n) is 13.2. The largest absolute Gasteiger partial charge is 0.384 e. The highest BCUT2D eigenvalue weighted by molar-refractivity contribution is 7.92. The summed E-state index contributed by atoms with van der Waals surface area (Å²) < 4.78 is 27.2. The molecule has 0 amide bonds. The Morgan fingerprint density at radius 2 is 1.81 bits per heavy atom. The van der Waals surface area contributed by atoms with Gasteiger partial charge in [0.1, 0.15) is 11.6 Å². The smallest absolute Gasteiger partial charge is 0.280 e. The number of halogens is 1. The first-order valence-corrected chi connectivity index (χ1v) is 9.18. The molecule has 0 atom stereocenters. The summed E-state index contributed by atoms with van der Waals surface area (Å²) in [6.07, 6.45) is 0. The number of nitrogens with one attached hydrogen (secondary N) is 1. The molecule has 0 unspecified atom stereocenters. The molecular formula is C17H12ClN5O2S. The van der Waals surface area contributed by atoms with Crippen LogP contribution in [-0.4, -0.2) is 18.4 Å². The van der Waals surface area contributed by atoms with E-state index >= 15 is 0 Å². The summed E-state index contributed by atoms with van der Waals surface area (Å²) in [7, 11) is -3.98. The van der Waals surface area contributed by atoms with Gasteiger partial charge in [-0.3, -0.25) is 4.72 Å². The predicted octanol–water partition coefficient (Wildman–Crippen LogP) is 3.05. The van der Waals surface area contributed by atoms with E-state index in [1.807, 2.05) is 0 Å². The first-order chi connectivity index (χ1) is 12.4. The monoisotopic (exact) mass is 385 g/mol. The number of aromatic nitrogens is 2. The molecule has 0 aliphatic carbocycles. The van der Waals surface area contributed by atoms with Gasteiger partial charge in [0.15, 0.2) is 5.03 Å². The third-order valence-corrected chi connectivity index (χ3v) is 4.97. The Morgan fingerprint density at radius 1 is 1.04 bits per heavy atom. The molecule has 0 spiro atoms. The second-order valence-corrected chi connectivity index (χ2v) is 7.23. The van der Waals surface area contributed by atoms with E-state index in [0.29, 0.717) is 16.8 Å². The Bertz CT molecular complexity index is 1130. The molecule has 0 bridgehead atoms. The number of nitrogen functional groups attached to an aromatic ring is 1. The molecule has 0 aliphatic rings. The summed E-state index contributed by atoms with van der Waals surface area (Å²) in [6, 6.07) is 16.0. The number of hydrogen-bond acceptors (Lipinski definition) is 6. The van der Waals surface area contributed by atoms with Gasteiger partial charge in [0.05, 0.1) is 22.3 Å². The van der Waals surface area contributed by atoms with Gasteiger partial charge >= 0.3 is 0 Å². The summed E-state index contributed by atoms with van der Waals surface area (Å²) in [4.78, 5) is 8.05. The van der Waals surface area contributed by atoms with Gasteiger partial charge in [-0.1, -0.05) is 35.9 Å². The maximum Gasteiger partial charge on any atom is 0.280 e.